The van der Waals surface area contributed by atoms with Gasteiger partial charge < -0.3 is 4.74 Å². The number of ether oxygens (including phenoxy) is 1. The molecule has 16 heavy (non-hydrogen) atoms. The second-order valence-electron chi connectivity index (χ2n) is 3.17. The molecule has 0 amide bonds. The lowest BCUT2D eigenvalue weighted by Crippen LogP contribution is -1.96. The standard InChI is InChI=1S/C12H12BrClO2/c1-2-7-16-11-5-4-10(13)8-9(11)3-6-12(14)15/h3-6,8H,2,7H2,1H3/b6-3+. The first-order chi connectivity index (χ1) is 7.63. The molecule has 0 atom stereocenters. The Morgan fingerprint density at radius 2 is 2.31 bits per heavy atom. The van der Waals surface area contributed by atoms with E-state index in [9.17, 15) is 4.79 Å². The highest BCUT2D eigenvalue weighted by molar-refractivity contribution is 9.10. The third-order valence-electron chi connectivity index (χ3n) is 1.83. The molecule has 0 aliphatic carbocycles. The summed E-state index contributed by atoms with van der Waals surface area (Å²) in [6.45, 7) is 2.69. The summed E-state index contributed by atoms with van der Waals surface area (Å²) in [5.74, 6) is 0.749. The Labute approximate surface area is 108 Å². The molecule has 0 unspecified atom stereocenters. The molecule has 2 nitrogen and oxygen atoms in total. The van der Waals surface area contributed by atoms with Crippen LogP contribution in [0.2, 0.25) is 0 Å². The number of rotatable bonds is 5. The van der Waals surface area contributed by atoms with Gasteiger partial charge in [-0.1, -0.05) is 22.9 Å². The van der Waals surface area contributed by atoms with Gasteiger partial charge in [-0.15, -0.1) is 0 Å². The van der Waals surface area contributed by atoms with Crippen molar-refractivity contribution in [1.82, 2.24) is 0 Å². The molecule has 0 spiro atoms. The third kappa shape index (κ3) is 4.37. The molecular weight excluding hydrogens is 291 g/mol. The molecular formula is C12H12BrClO2. The van der Waals surface area contributed by atoms with Crippen LogP contribution in [0.3, 0.4) is 0 Å². The molecule has 0 aliphatic heterocycles. The zero-order chi connectivity index (χ0) is 12.0. The van der Waals surface area contributed by atoms with Crippen LogP contribution in [-0.4, -0.2) is 11.8 Å². The summed E-state index contributed by atoms with van der Waals surface area (Å²) >= 11 is 8.61. The van der Waals surface area contributed by atoms with E-state index in [-0.39, 0.29) is 0 Å². The van der Waals surface area contributed by atoms with Crippen molar-refractivity contribution in [3.63, 3.8) is 0 Å². The van der Waals surface area contributed by atoms with Crippen LogP contribution in [0.1, 0.15) is 18.9 Å². The molecule has 0 N–H and O–H groups in total. The first-order valence-electron chi connectivity index (χ1n) is 4.93. The summed E-state index contributed by atoms with van der Waals surface area (Å²) in [5, 5.41) is -0.499. The first kappa shape index (κ1) is 13.3. The molecule has 1 rings (SSSR count). The zero-order valence-corrected chi connectivity index (χ0v) is 11.2. The van der Waals surface area contributed by atoms with Crippen LogP contribution < -0.4 is 4.74 Å². The Balaban J connectivity index is 2.93. The maximum atomic E-state index is 10.7. The van der Waals surface area contributed by atoms with Crippen molar-refractivity contribution >= 4 is 38.8 Å². The van der Waals surface area contributed by atoms with Gasteiger partial charge >= 0.3 is 0 Å². The van der Waals surface area contributed by atoms with Gasteiger partial charge in [-0.3, -0.25) is 4.79 Å². The first-order valence-corrected chi connectivity index (χ1v) is 6.10. The van der Waals surface area contributed by atoms with Crippen molar-refractivity contribution in [2.45, 2.75) is 13.3 Å². The zero-order valence-electron chi connectivity index (χ0n) is 8.87. The third-order valence-corrected chi connectivity index (χ3v) is 2.45. The van der Waals surface area contributed by atoms with Crippen LogP contribution >= 0.6 is 27.5 Å². The highest BCUT2D eigenvalue weighted by Gasteiger charge is 2.01. The van der Waals surface area contributed by atoms with Gasteiger partial charge in [0, 0.05) is 10.0 Å². The van der Waals surface area contributed by atoms with Gasteiger partial charge in [-0.05, 0) is 48.4 Å². The summed E-state index contributed by atoms with van der Waals surface area (Å²) in [6, 6.07) is 5.63. The number of carbonyl (C=O) groups is 1. The van der Waals surface area contributed by atoms with E-state index in [0.717, 1.165) is 22.2 Å². The summed E-state index contributed by atoms with van der Waals surface area (Å²) in [6.07, 6.45) is 3.89. The summed E-state index contributed by atoms with van der Waals surface area (Å²) in [7, 11) is 0. The Bertz CT molecular complexity index is 402. The van der Waals surface area contributed by atoms with Gasteiger partial charge in [0.2, 0.25) is 5.24 Å². The fourth-order valence-corrected chi connectivity index (χ4v) is 1.59. The Kier molecular flexibility index (Phi) is 5.56. The van der Waals surface area contributed by atoms with Crippen molar-refractivity contribution in [3.05, 3.63) is 34.3 Å². The average Bonchev–Trinajstić information content (AvgIpc) is 2.25. The molecule has 86 valence electrons. The van der Waals surface area contributed by atoms with E-state index in [4.69, 9.17) is 16.3 Å². The fraction of sp³-hybridized carbons (Fsp3) is 0.250. The molecule has 0 saturated carbocycles. The topological polar surface area (TPSA) is 26.3 Å². The Hall–Kier alpha value is -0.800. The van der Waals surface area contributed by atoms with Crippen molar-refractivity contribution in [2.75, 3.05) is 6.61 Å². The molecule has 0 heterocycles. The molecule has 0 fully saturated rings. The van der Waals surface area contributed by atoms with E-state index in [1.165, 1.54) is 6.08 Å². The van der Waals surface area contributed by atoms with E-state index in [1.807, 2.05) is 25.1 Å². The molecule has 0 radical (unpaired) electrons. The van der Waals surface area contributed by atoms with E-state index < -0.39 is 5.24 Å². The van der Waals surface area contributed by atoms with Gasteiger partial charge in [0.15, 0.2) is 0 Å². The van der Waals surface area contributed by atoms with Crippen molar-refractivity contribution in [1.29, 1.82) is 0 Å². The minimum atomic E-state index is -0.499. The molecule has 0 aromatic heterocycles. The monoisotopic (exact) mass is 302 g/mol. The maximum absolute atomic E-state index is 10.7. The predicted octanol–water partition coefficient (Wildman–Crippen LogP) is 4.02. The molecule has 4 heteroatoms. The lowest BCUT2D eigenvalue weighted by molar-refractivity contribution is -0.107. The minimum Gasteiger partial charge on any atom is -0.493 e. The van der Waals surface area contributed by atoms with Crippen LogP contribution in [0.4, 0.5) is 0 Å². The SMILES string of the molecule is CCCOc1ccc(Br)cc1/C=C/C(=O)Cl. The molecule has 1 aromatic carbocycles. The minimum absolute atomic E-state index is 0.499. The van der Waals surface area contributed by atoms with Crippen molar-refractivity contribution < 1.29 is 9.53 Å². The van der Waals surface area contributed by atoms with Crippen LogP contribution in [-0.2, 0) is 4.79 Å². The lowest BCUT2D eigenvalue weighted by Gasteiger charge is -2.08. The van der Waals surface area contributed by atoms with Crippen LogP contribution in [0.15, 0.2) is 28.7 Å². The molecule has 0 aliphatic rings. The predicted molar refractivity (Wildman–Crippen MR) is 69.8 cm³/mol. The number of hydrogen-bond donors (Lipinski definition) is 0. The average molecular weight is 304 g/mol. The van der Waals surface area contributed by atoms with Gasteiger partial charge in [0.1, 0.15) is 5.75 Å². The van der Waals surface area contributed by atoms with E-state index in [1.54, 1.807) is 6.08 Å². The maximum Gasteiger partial charge on any atom is 0.245 e. The van der Waals surface area contributed by atoms with E-state index >= 15 is 0 Å². The van der Waals surface area contributed by atoms with Gasteiger partial charge in [-0.25, -0.2) is 0 Å². The number of allylic oxidation sites excluding steroid dienone is 1. The summed E-state index contributed by atoms with van der Waals surface area (Å²) in [4.78, 5) is 10.7. The Morgan fingerprint density at radius 3 is 2.94 bits per heavy atom. The quantitative estimate of drug-likeness (QED) is 0.607. The second kappa shape index (κ2) is 6.71. The van der Waals surface area contributed by atoms with Crippen LogP contribution in [0.5, 0.6) is 5.75 Å². The smallest absolute Gasteiger partial charge is 0.245 e. The number of halogens is 2. The largest absolute Gasteiger partial charge is 0.493 e. The number of benzene rings is 1. The highest BCUT2D eigenvalue weighted by Crippen LogP contribution is 2.24. The van der Waals surface area contributed by atoms with Gasteiger partial charge in [0.25, 0.3) is 0 Å². The van der Waals surface area contributed by atoms with E-state index in [2.05, 4.69) is 15.9 Å². The van der Waals surface area contributed by atoms with Crippen molar-refractivity contribution in [2.24, 2.45) is 0 Å². The summed E-state index contributed by atoms with van der Waals surface area (Å²) < 4.78 is 6.48. The molecule has 0 bridgehead atoms. The fourth-order valence-electron chi connectivity index (χ4n) is 1.15. The number of hydrogen-bond acceptors (Lipinski definition) is 2. The molecule has 1 aromatic rings. The Morgan fingerprint density at radius 1 is 1.56 bits per heavy atom. The van der Waals surface area contributed by atoms with Gasteiger partial charge in [0.05, 0.1) is 6.61 Å². The van der Waals surface area contributed by atoms with Crippen LogP contribution in [0, 0.1) is 0 Å². The van der Waals surface area contributed by atoms with Crippen LogP contribution in [0.25, 0.3) is 6.08 Å². The molecule has 0 saturated heterocycles. The van der Waals surface area contributed by atoms with E-state index in [0.29, 0.717) is 6.61 Å². The number of carbonyl (C=O) groups excluding carboxylic acids is 1. The van der Waals surface area contributed by atoms with Gasteiger partial charge in [-0.2, -0.15) is 0 Å². The highest BCUT2D eigenvalue weighted by atomic mass is 79.9. The second-order valence-corrected chi connectivity index (χ2v) is 4.46. The summed E-state index contributed by atoms with van der Waals surface area (Å²) in [5.41, 5.74) is 0.830. The normalized spacial score (nSPS) is 10.7. The lowest BCUT2D eigenvalue weighted by atomic mass is 10.2. The van der Waals surface area contributed by atoms with Crippen molar-refractivity contribution in [3.8, 4) is 5.75 Å².